The van der Waals surface area contributed by atoms with Gasteiger partial charge in [0.15, 0.2) is 5.65 Å². The number of aromatic nitrogens is 2. The van der Waals surface area contributed by atoms with E-state index in [1.807, 2.05) is 6.92 Å². The smallest absolute Gasteiger partial charge is 0.237 e. The van der Waals surface area contributed by atoms with Crippen LogP contribution in [-0.4, -0.2) is 17.4 Å². The fourth-order valence-corrected chi connectivity index (χ4v) is 3.85. The highest BCUT2D eigenvalue weighted by molar-refractivity contribution is 9.08. The van der Waals surface area contributed by atoms with Crippen LogP contribution in [0.1, 0.15) is 12.5 Å². The minimum Gasteiger partial charge on any atom is -0.237 e. The van der Waals surface area contributed by atoms with Gasteiger partial charge in [-0.15, -0.1) is 0 Å². The molecule has 0 bridgehead atoms. The molecule has 0 spiro atoms. The fourth-order valence-electron chi connectivity index (χ4n) is 2.15. The van der Waals surface area contributed by atoms with Crippen LogP contribution in [-0.2, 0) is 15.3 Å². The first kappa shape index (κ1) is 13.0. The van der Waals surface area contributed by atoms with Crippen molar-refractivity contribution in [2.75, 3.05) is 0 Å². The lowest BCUT2D eigenvalue weighted by Gasteiger charge is -2.07. The molecule has 0 fully saturated rings. The number of alkyl halides is 1. The molecule has 21 heavy (non-hydrogen) atoms. The molecule has 0 saturated heterocycles. The molecule has 1 aromatic carbocycles. The Morgan fingerprint density at radius 1 is 1.29 bits per heavy atom. The van der Waals surface area contributed by atoms with Crippen LogP contribution >= 0.6 is 15.9 Å². The molecule has 6 heteroatoms. The van der Waals surface area contributed by atoms with Crippen LogP contribution in [0.25, 0.3) is 11.0 Å². The van der Waals surface area contributed by atoms with E-state index in [4.69, 9.17) is 1.37 Å². The Hall–Kier alpha value is -1.66. The van der Waals surface area contributed by atoms with Gasteiger partial charge in [0.1, 0.15) is 0 Å². The van der Waals surface area contributed by atoms with Crippen LogP contribution in [0.4, 0.5) is 0 Å². The number of hydrogen-bond acceptors (Lipinski definition) is 3. The highest BCUT2D eigenvalue weighted by Gasteiger charge is 2.21. The van der Waals surface area contributed by atoms with Gasteiger partial charge in [0, 0.05) is 24.5 Å². The standard InChI is InChI=1S/C15H13BrN2O2S/c1-11-4-6-13(7-5-11)21(19,20)18-10-12(9-16)14-3-2-8-17-15(14)18/h2-8,10H,9H2,1H3/i9D. The van der Waals surface area contributed by atoms with Gasteiger partial charge >= 0.3 is 0 Å². The van der Waals surface area contributed by atoms with Crippen molar-refractivity contribution in [2.24, 2.45) is 0 Å². The van der Waals surface area contributed by atoms with Crippen molar-refractivity contribution in [1.82, 2.24) is 8.96 Å². The van der Waals surface area contributed by atoms with Gasteiger partial charge in [-0.05, 0) is 36.8 Å². The van der Waals surface area contributed by atoms with Gasteiger partial charge in [0.25, 0.3) is 10.0 Å². The number of nitrogens with zero attached hydrogens (tertiary/aromatic N) is 2. The average Bonchev–Trinajstić information content (AvgIpc) is 2.88. The maximum atomic E-state index is 12.8. The quantitative estimate of drug-likeness (QED) is 0.667. The predicted molar refractivity (Wildman–Crippen MR) is 86.1 cm³/mol. The van der Waals surface area contributed by atoms with Gasteiger partial charge in [-0.2, -0.15) is 0 Å². The third kappa shape index (κ3) is 2.38. The molecule has 1 unspecified atom stereocenters. The average molecular weight is 366 g/mol. The molecule has 2 heterocycles. The molecule has 0 radical (unpaired) electrons. The predicted octanol–water partition coefficient (Wildman–Crippen LogP) is 3.48. The number of hydrogen-bond donors (Lipinski definition) is 0. The van der Waals surface area contributed by atoms with Crippen molar-refractivity contribution in [3.05, 3.63) is 59.9 Å². The molecule has 2 aromatic heterocycles. The van der Waals surface area contributed by atoms with Crippen LogP contribution < -0.4 is 0 Å². The Balaban J connectivity index is 2.27. The minimum atomic E-state index is -3.75. The summed E-state index contributed by atoms with van der Waals surface area (Å²) in [6.45, 7) is 1.90. The fraction of sp³-hybridized carbons (Fsp3) is 0.133. The van der Waals surface area contributed by atoms with Gasteiger partial charge < -0.3 is 0 Å². The van der Waals surface area contributed by atoms with Crippen molar-refractivity contribution >= 4 is 37.0 Å². The molecule has 108 valence electrons. The Labute approximate surface area is 133 Å². The van der Waals surface area contributed by atoms with Crippen molar-refractivity contribution < 1.29 is 9.79 Å². The molecule has 0 aliphatic rings. The van der Waals surface area contributed by atoms with Crippen LogP contribution in [0.15, 0.2) is 53.7 Å². The number of aryl methyl sites for hydroxylation is 1. The molecule has 0 N–H and O–H groups in total. The second-order valence-electron chi connectivity index (χ2n) is 4.68. The first-order valence-corrected chi connectivity index (χ1v) is 8.61. The number of benzene rings is 1. The summed E-state index contributed by atoms with van der Waals surface area (Å²) >= 11 is 3.18. The van der Waals surface area contributed by atoms with Crippen LogP contribution in [0.3, 0.4) is 0 Å². The lowest BCUT2D eigenvalue weighted by Crippen LogP contribution is -2.12. The molecule has 3 aromatic rings. The van der Waals surface area contributed by atoms with E-state index in [1.54, 1.807) is 42.6 Å². The molecule has 1 atom stereocenters. The second kappa shape index (κ2) is 5.27. The third-order valence-corrected chi connectivity index (χ3v) is 5.42. The summed E-state index contributed by atoms with van der Waals surface area (Å²) in [6.07, 6.45) is 3.00. The summed E-state index contributed by atoms with van der Waals surface area (Å²) in [5.74, 6) is 0. The maximum Gasteiger partial charge on any atom is 0.269 e. The summed E-state index contributed by atoms with van der Waals surface area (Å²) in [6, 6.07) is 10.2. The zero-order valence-electron chi connectivity index (χ0n) is 12.2. The number of rotatable bonds is 3. The third-order valence-electron chi connectivity index (χ3n) is 3.26. The lowest BCUT2D eigenvalue weighted by molar-refractivity contribution is 0.588. The van der Waals surface area contributed by atoms with E-state index in [1.165, 1.54) is 6.20 Å². The highest BCUT2D eigenvalue weighted by Crippen LogP contribution is 2.25. The van der Waals surface area contributed by atoms with Crippen LogP contribution in [0.5, 0.6) is 0 Å². The van der Waals surface area contributed by atoms with Crippen molar-refractivity contribution in [1.29, 1.82) is 0 Å². The van der Waals surface area contributed by atoms with E-state index >= 15 is 0 Å². The van der Waals surface area contributed by atoms with E-state index in [2.05, 4.69) is 20.9 Å². The van der Waals surface area contributed by atoms with E-state index < -0.39 is 15.3 Å². The Kier molecular flexibility index (Phi) is 3.27. The monoisotopic (exact) mass is 365 g/mol. The van der Waals surface area contributed by atoms with Crippen molar-refractivity contribution in [3.63, 3.8) is 0 Å². The van der Waals surface area contributed by atoms with Gasteiger partial charge in [-0.1, -0.05) is 33.6 Å². The molecular formula is C15H13BrN2O2S. The molecule has 3 rings (SSSR count). The van der Waals surface area contributed by atoms with Crippen molar-refractivity contribution in [2.45, 2.75) is 17.1 Å². The summed E-state index contributed by atoms with van der Waals surface area (Å²) in [5.41, 5.74) is 1.88. The zero-order valence-corrected chi connectivity index (χ0v) is 13.6. The van der Waals surface area contributed by atoms with Crippen LogP contribution in [0, 0.1) is 6.92 Å². The zero-order chi connectivity index (χ0) is 15.9. The second-order valence-corrected chi connectivity index (χ2v) is 6.95. The van der Waals surface area contributed by atoms with Gasteiger partial charge in [-0.3, -0.25) is 0 Å². The summed E-state index contributed by atoms with van der Waals surface area (Å²) in [5, 5.41) is -0.0660. The van der Waals surface area contributed by atoms with E-state index in [9.17, 15) is 8.42 Å². The molecule has 0 saturated carbocycles. The Bertz CT molecular complexity index is 934. The first-order chi connectivity index (χ1) is 10.4. The molecular weight excluding hydrogens is 352 g/mol. The summed E-state index contributed by atoms with van der Waals surface area (Å²) < 4.78 is 34.7. The van der Waals surface area contributed by atoms with Gasteiger partial charge in [0.05, 0.1) is 4.90 Å². The number of halogens is 1. The largest absolute Gasteiger partial charge is 0.269 e. The lowest BCUT2D eigenvalue weighted by atomic mass is 10.2. The first-order valence-electron chi connectivity index (χ1n) is 6.83. The highest BCUT2D eigenvalue weighted by atomic mass is 79.9. The Morgan fingerprint density at radius 3 is 2.67 bits per heavy atom. The van der Waals surface area contributed by atoms with E-state index in [0.717, 1.165) is 9.54 Å². The topological polar surface area (TPSA) is 52.0 Å². The summed E-state index contributed by atoms with van der Waals surface area (Å²) in [7, 11) is -3.75. The van der Waals surface area contributed by atoms with Crippen LogP contribution in [0.2, 0.25) is 0 Å². The number of fused-ring (bicyclic) bond motifs is 1. The van der Waals surface area contributed by atoms with E-state index in [-0.39, 0.29) is 4.90 Å². The van der Waals surface area contributed by atoms with Gasteiger partial charge in [0.2, 0.25) is 0 Å². The number of pyridine rings is 1. The molecule has 0 aliphatic heterocycles. The normalized spacial score (nSPS) is 14.1. The summed E-state index contributed by atoms with van der Waals surface area (Å²) in [4.78, 5) is 4.37. The van der Waals surface area contributed by atoms with Crippen molar-refractivity contribution in [3.8, 4) is 0 Å². The SMILES string of the molecule is [2H]C(Br)c1cn(S(=O)(=O)c2ccc(C)cc2)c2ncccc12. The Morgan fingerprint density at radius 2 is 2.00 bits per heavy atom. The minimum absolute atomic E-state index is 0.198. The maximum absolute atomic E-state index is 12.8. The molecule has 4 nitrogen and oxygen atoms in total. The molecule has 0 amide bonds. The molecule has 0 aliphatic carbocycles. The van der Waals surface area contributed by atoms with E-state index in [0.29, 0.717) is 16.6 Å². The van der Waals surface area contributed by atoms with Gasteiger partial charge in [-0.25, -0.2) is 17.4 Å².